The summed E-state index contributed by atoms with van der Waals surface area (Å²) in [4.78, 5) is 24.2. The monoisotopic (exact) mass is 283 g/mol. The molecule has 0 aromatic carbocycles. The zero-order chi connectivity index (χ0) is 14.8. The van der Waals surface area contributed by atoms with Gasteiger partial charge in [0.15, 0.2) is 0 Å². The van der Waals surface area contributed by atoms with E-state index >= 15 is 0 Å². The number of rotatable bonds is 4. The number of amides is 1. The van der Waals surface area contributed by atoms with Crippen LogP contribution in [-0.2, 0) is 0 Å². The predicted octanol–water partition coefficient (Wildman–Crippen LogP) is 1.30. The number of carbonyl (C=O) groups is 1. The van der Waals surface area contributed by atoms with E-state index in [1.54, 1.807) is 13.1 Å². The van der Waals surface area contributed by atoms with E-state index in [9.17, 15) is 4.79 Å². The normalized spacial score (nSPS) is 20.0. The molecule has 0 saturated heterocycles. The van der Waals surface area contributed by atoms with Gasteiger partial charge < -0.3 is 11.1 Å². The summed E-state index contributed by atoms with van der Waals surface area (Å²) in [6.45, 7) is 2.37. The molecule has 2 aromatic rings. The molecular weight excluding hydrogens is 266 g/mol. The zero-order valence-corrected chi connectivity index (χ0v) is 11.8. The first-order valence-electron chi connectivity index (χ1n) is 6.92. The third-order valence-electron chi connectivity index (χ3n) is 3.74. The number of nitrogens with one attached hydrogen (secondary N) is 1. The number of nitrogens with two attached hydrogens (primary N) is 1. The second kappa shape index (κ2) is 5.47. The highest BCUT2D eigenvalue weighted by atomic mass is 16.1. The molecule has 6 nitrogen and oxygen atoms in total. The molecular formula is C15H17N5O. The molecule has 0 unspecified atom stereocenters. The van der Waals surface area contributed by atoms with Gasteiger partial charge in [0.05, 0.1) is 5.56 Å². The Morgan fingerprint density at radius 1 is 1.48 bits per heavy atom. The summed E-state index contributed by atoms with van der Waals surface area (Å²) in [6.07, 6.45) is 6.20. The molecule has 0 aliphatic heterocycles. The van der Waals surface area contributed by atoms with Crippen LogP contribution in [0, 0.1) is 12.8 Å². The van der Waals surface area contributed by atoms with Crippen molar-refractivity contribution in [2.75, 3.05) is 12.3 Å². The standard InChI is InChI=1S/C15H17N5O/c1-9-18-8-13(14(16)20-9)15(21)19-7-11-5-12(11)10-3-2-4-17-6-10/h2-4,6,8,11-12H,5,7H2,1H3,(H,19,21)(H2,16,18,20)/t11-,12-/m0/s1. The van der Waals surface area contributed by atoms with Crippen LogP contribution in [0.2, 0.25) is 0 Å². The average molecular weight is 283 g/mol. The number of pyridine rings is 1. The van der Waals surface area contributed by atoms with Crippen molar-refractivity contribution in [3.8, 4) is 0 Å². The van der Waals surface area contributed by atoms with Gasteiger partial charge >= 0.3 is 0 Å². The summed E-state index contributed by atoms with van der Waals surface area (Å²) in [6, 6.07) is 4.01. The number of anilines is 1. The van der Waals surface area contributed by atoms with Crippen LogP contribution in [0.3, 0.4) is 0 Å². The maximum absolute atomic E-state index is 12.1. The second-order valence-electron chi connectivity index (χ2n) is 5.31. The summed E-state index contributed by atoms with van der Waals surface area (Å²) < 4.78 is 0. The van der Waals surface area contributed by atoms with Gasteiger partial charge in [-0.3, -0.25) is 9.78 Å². The van der Waals surface area contributed by atoms with Crippen molar-refractivity contribution in [3.63, 3.8) is 0 Å². The van der Waals surface area contributed by atoms with Gasteiger partial charge in [-0.25, -0.2) is 9.97 Å². The number of nitrogen functional groups attached to an aromatic ring is 1. The molecule has 2 aromatic heterocycles. The van der Waals surface area contributed by atoms with E-state index in [0.29, 0.717) is 29.8 Å². The number of nitrogens with zero attached hydrogens (tertiary/aromatic N) is 3. The maximum Gasteiger partial charge on any atom is 0.256 e. The van der Waals surface area contributed by atoms with Crippen LogP contribution in [-0.4, -0.2) is 27.4 Å². The highest BCUT2D eigenvalue weighted by Crippen LogP contribution is 2.46. The van der Waals surface area contributed by atoms with Gasteiger partial charge in [0.25, 0.3) is 5.91 Å². The second-order valence-corrected chi connectivity index (χ2v) is 5.31. The fourth-order valence-corrected chi connectivity index (χ4v) is 2.46. The summed E-state index contributed by atoms with van der Waals surface area (Å²) >= 11 is 0. The third kappa shape index (κ3) is 2.99. The smallest absolute Gasteiger partial charge is 0.256 e. The number of hydrogen-bond acceptors (Lipinski definition) is 5. The van der Waals surface area contributed by atoms with E-state index in [0.717, 1.165) is 6.42 Å². The van der Waals surface area contributed by atoms with Crippen LogP contribution in [0.1, 0.15) is 34.1 Å². The molecule has 1 aliphatic carbocycles. The van der Waals surface area contributed by atoms with Crippen molar-refractivity contribution in [2.24, 2.45) is 5.92 Å². The Morgan fingerprint density at radius 2 is 2.33 bits per heavy atom. The molecule has 2 atom stereocenters. The average Bonchev–Trinajstić information content (AvgIpc) is 3.25. The lowest BCUT2D eigenvalue weighted by Gasteiger charge is -2.07. The van der Waals surface area contributed by atoms with Crippen LogP contribution in [0.25, 0.3) is 0 Å². The first-order valence-corrected chi connectivity index (χ1v) is 6.92. The van der Waals surface area contributed by atoms with E-state index in [1.807, 2.05) is 12.3 Å². The SMILES string of the molecule is Cc1ncc(C(=O)NC[C@@H]2C[C@H]2c2cccnc2)c(N)n1. The number of aryl methyl sites for hydroxylation is 1. The van der Waals surface area contributed by atoms with E-state index in [1.165, 1.54) is 11.8 Å². The van der Waals surface area contributed by atoms with Crippen LogP contribution in [0.4, 0.5) is 5.82 Å². The van der Waals surface area contributed by atoms with E-state index in [-0.39, 0.29) is 11.7 Å². The maximum atomic E-state index is 12.1. The van der Waals surface area contributed by atoms with Crippen LogP contribution in [0.15, 0.2) is 30.7 Å². The molecule has 6 heteroatoms. The fourth-order valence-electron chi connectivity index (χ4n) is 2.46. The molecule has 0 spiro atoms. The van der Waals surface area contributed by atoms with Crippen molar-refractivity contribution in [2.45, 2.75) is 19.3 Å². The summed E-state index contributed by atoms with van der Waals surface area (Å²) in [5, 5.41) is 2.90. The zero-order valence-electron chi connectivity index (χ0n) is 11.8. The minimum Gasteiger partial charge on any atom is -0.383 e. The molecule has 1 aliphatic rings. The molecule has 0 bridgehead atoms. The number of aromatic nitrogens is 3. The molecule has 1 fully saturated rings. The van der Waals surface area contributed by atoms with Crippen molar-refractivity contribution in [3.05, 3.63) is 47.7 Å². The molecule has 0 radical (unpaired) electrons. The predicted molar refractivity (Wildman–Crippen MR) is 78.6 cm³/mol. The van der Waals surface area contributed by atoms with Crippen molar-refractivity contribution < 1.29 is 4.79 Å². The van der Waals surface area contributed by atoms with Gasteiger partial charge in [-0.1, -0.05) is 6.07 Å². The van der Waals surface area contributed by atoms with Crippen LogP contribution < -0.4 is 11.1 Å². The molecule has 108 valence electrons. The van der Waals surface area contributed by atoms with E-state index in [4.69, 9.17) is 5.73 Å². The molecule has 1 amide bonds. The Bertz CT molecular complexity index is 658. The van der Waals surface area contributed by atoms with Gasteiger partial charge in [0.1, 0.15) is 11.6 Å². The van der Waals surface area contributed by atoms with Gasteiger partial charge in [-0.15, -0.1) is 0 Å². The van der Waals surface area contributed by atoms with E-state index in [2.05, 4.69) is 26.3 Å². The number of carbonyl (C=O) groups excluding carboxylic acids is 1. The summed E-state index contributed by atoms with van der Waals surface area (Å²) in [5.74, 6) is 1.52. The Labute approximate surface area is 122 Å². The first-order chi connectivity index (χ1) is 10.1. The van der Waals surface area contributed by atoms with Crippen LogP contribution in [0.5, 0.6) is 0 Å². The van der Waals surface area contributed by atoms with Crippen molar-refractivity contribution in [1.29, 1.82) is 0 Å². The van der Waals surface area contributed by atoms with Crippen molar-refractivity contribution >= 4 is 11.7 Å². The lowest BCUT2D eigenvalue weighted by atomic mass is 10.1. The minimum absolute atomic E-state index is 0.218. The molecule has 2 heterocycles. The Morgan fingerprint density at radius 3 is 3.05 bits per heavy atom. The molecule has 21 heavy (non-hydrogen) atoms. The first kappa shape index (κ1) is 13.5. The quantitative estimate of drug-likeness (QED) is 0.882. The largest absolute Gasteiger partial charge is 0.383 e. The Balaban J connectivity index is 1.56. The van der Waals surface area contributed by atoms with Gasteiger partial charge in [0.2, 0.25) is 0 Å². The van der Waals surface area contributed by atoms with Crippen molar-refractivity contribution in [1.82, 2.24) is 20.3 Å². The highest BCUT2D eigenvalue weighted by molar-refractivity contribution is 5.97. The Hall–Kier alpha value is -2.50. The number of hydrogen-bond donors (Lipinski definition) is 2. The third-order valence-corrected chi connectivity index (χ3v) is 3.74. The topological polar surface area (TPSA) is 93.8 Å². The van der Waals surface area contributed by atoms with Gasteiger partial charge in [-0.2, -0.15) is 0 Å². The lowest BCUT2D eigenvalue weighted by molar-refractivity contribution is 0.0952. The van der Waals surface area contributed by atoms with Gasteiger partial charge in [-0.05, 0) is 36.8 Å². The van der Waals surface area contributed by atoms with E-state index < -0.39 is 0 Å². The van der Waals surface area contributed by atoms with Crippen LogP contribution >= 0.6 is 0 Å². The minimum atomic E-state index is -0.218. The van der Waals surface area contributed by atoms with Gasteiger partial charge in [0, 0.05) is 25.1 Å². The summed E-state index contributed by atoms with van der Waals surface area (Å²) in [5.41, 5.74) is 7.31. The molecule has 3 rings (SSSR count). The molecule has 1 saturated carbocycles. The highest BCUT2D eigenvalue weighted by Gasteiger charge is 2.38. The fraction of sp³-hybridized carbons (Fsp3) is 0.333. The lowest BCUT2D eigenvalue weighted by Crippen LogP contribution is -2.27. The summed E-state index contributed by atoms with van der Waals surface area (Å²) in [7, 11) is 0. The molecule has 3 N–H and O–H groups in total. The Kier molecular flexibility index (Phi) is 3.51.